The highest BCUT2D eigenvalue weighted by molar-refractivity contribution is 5.86. The number of carbonyl (C=O) groups is 1. The van der Waals surface area contributed by atoms with Crippen LogP contribution in [0.4, 0.5) is 0 Å². The zero-order valence-electron chi connectivity index (χ0n) is 13.1. The molecule has 0 saturated carbocycles. The minimum Gasteiger partial charge on any atom is -0.507 e. The lowest BCUT2D eigenvalue weighted by atomic mass is 9.89. The number of hydrogen-bond donors (Lipinski definition) is 2. The van der Waals surface area contributed by atoms with Crippen LogP contribution < -0.4 is 9.47 Å². The molecule has 0 saturated heterocycles. The van der Waals surface area contributed by atoms with E-state index in [-0.39, 0.29) is 36.6 Å². The molecule has 5 nitrogen and oxygen atoms in total. The van der Waals surface area contributed by atoms with Crippen LogP contribution in [0.5, 0.6) is 17.2 Å². The monoisotopic (exact) mass is 306 g/mol. The Balaban J connectivity index is 2.59. The van der Waals surface area contributed by atoms with E-state index < -0.39 is 6.10 Å². The fourth-order valence-corrected chi connectivity index (χ4v) is 2.49. The van der Waals surface area contributed by atoms with Gasteiger partial charge in [0.1, 0.15) is 12.4 Å². The van der Waals surface area contributed by atoms with Crippen molar-refractivity contribution in [1.29, 1.82) is 0 Å². The molecule has 0 spiro atoms. The number of aliphatic hydroxyl groups is 1. The van der Waals surface area contributed by atoms with Gasteiger partial charge in [-0.25, -0.2) is 0 Å². The number of carbonyl (C=O) groups excluding carboxylic acids is 1. The maximum atomic E-state index is 11.7. The summed E-state index contributed by atoms with van der Waals surface area (Å²) in [5, 5.41) is 20.8. The zero-order chi connectivity index (χ0) is 16.4. The fraction of sp³-hybridized carbons (Fsp3) is 0.471. The van der Waals surface area contributed by atoms with Crippen molar-refractivity contribution in [3.8, 4) is 17.2 Å². The molecule has 0 unspecified atom stereocenters. The van der Waals surface area contributed by atoms with Crippen LogP contribution in [0.3, 0.4) is 0 Å². The Morgan fingerprint density at radius 1 is 1.41 bits per heavy atom. The average molecular weight is 306 g/mol. The van der Waals surface area contributed by atoms with Gasteiger partial charge in [0, 0.05) is 29.5 Å². The Kier molecular flexibility index (Phi) is 4.76. The number of ether oxygens (including phenoxy) is 2. The molecule has 0 fully saturated rings. The van der Waals surface area contributed by atoms with Gasteiger partial charge in [-0.3, -0.25) is 4.79 Å². The topological polar surface area (TPSA) is 76.0 Å². The van der Waals surface area contributed by atoms with Gasteiger partial charge < -0.3 is 19.7 Å². The SMILES string of the molecule is C=C[C@@H](C)[C@@H](O)c1c(O)cc(OC(C)C)c2c1CC(=O)CO2. The molecule has 0 bridgehead atoms. The van der Waals surface area contributed by atoms with Crippen molar-refractivity contribution in [2.45, 2.75) is 39.4 Å². The van der Waals surface area contributed by atoms with E-state index in [1.165, 1.54) is 6.07 Å². The number of Topliss-reactive ketones (excluding diaryl/α,β-unsaturated/α-hetero) is 1. The van der Waals surface area contributed by atoms with Crippen molar-refractivity contribution in [1.82, 2.24) is 0 Å². The van der Waals surface area contributed by atoms with Crippen molar-refractivity contribution in [3.05, 3.63) is 29.8 Å². The van der Waals surface area contributed by atoms with Gasteiger partial charge in [0.25, 0.3) is 0 Å². The van der Waals surface area contributed by atoms with Crippen molar-refractivity contribution in [2.24, 2.45) is 5.92 Å². The maximum absolute atomic E-state index is 11.7. The molecular formula is C17H22O5. The molecule has 2 rings (SSSR count). The Morgan fingerprint density at radius 2 is 2.09 bits per heavy atom. The van der Waals surface area contributed by atoms with Crippen LogP contribution in [0.1, 0.15) is 38.0 Å². The van der Waals surface area contributed by atoms with Gasteiger partial charge in [-0.1, -0.05) is 13.0 Å². The summed E-state index contributed by atoms with van der Waals surface area (Å²) >= 11 is 0. The van der Waals surface area contributed by atoms with Gasteiger partial charge in [0.15, 0.2) is 17.3 Å². The third kappa shape index (κ3) is 3.09. The lowest BCUT2D eigenvalue weighted by Crippen LogP contribution is -2.24. The summed E-state index contributed by atoms with van der Waals surface area (Å²) in [4.78, 5) is 11.7. The molecule has 1 aliphatic rings. The largest absolute Gasteiger partial charge is 0.507 e. The van der Waals surface area contributed by atoms with Crippen LogP contribution in [-0.2, 0) is 11.2 Å². The summed E-state index contributed by atoms with van der Waals surface area (Å²) in [6.07, 6.45) is 0.635. The van der Waals surface area contributed by atoms with E-state index in [2.05, 4.69) is 6.58 Å². The standard InChI is InChI=1S/C17H22O5/c1-5-10(4)16(20)15-12-6-11(18)8-21-17(12)14(7-13(15)19)22-9(2)3/h5,7,9-10,16,19-20H,1,6,8H2,2-4H3/t10-,16-/m1/s1. The van der Waals surface area contributed by atoms with Gasteiger partial charge in [-0.05, 0) is 13.8 Å². The van der Waals surface area contributed by atoms with Crippen molar-refractivity contribution in [2.75, 3.05) is 6.61 Å². The molecule has 0 amide bonds. The molecule has 1 aliphatic heterocycles. The molecule has 1 aromatic carbocycles. The first-order chi connectivity index (χ1) is 10.3. The number of phenols is 1. The van der Waals surface area contributed by atoms with Crippen LogP contribution in [0.15, 0.2) is 18.7 Å². The first kappa shape index (κ1) is 16.4. The highest BCUT2D eigenvalue weighted by Gasteiger charge is 2.31. The number of fused-ring (bicyclic) bond motifs is 1. The van der Waals surface area contributed by atoms with Crippen LogP contribution >= 0.6 is 0 Å². The maximum Gasteiger partial charge on any atom is 0.174 e. The van der Waals surface area contributed by atoms with Gasteiger partial charge in [0.05, 0.1) is 12.2 Å². The lowest BCUT2D eigenvalue weighted by Gasteiger charge is -2.27. The summed E-state index contributed by atoms with van der Waals surface area (Å²) < 4.78 is 11.2. The zero-order valence-corrected chi connectivity index (χ0v) is 13.1. The molecule has 1 aromatic rings. The number of aromatic hydroxyl groups is 1. The van der Waals surface area contributed by atoms with Gasteiger partial charge in [-0.15, -0.1) is 6.58 Å². The normalized spacial score (nSPS) is 16.7. The second-order valence-corrected chi connectivity index (χ2v) is 5.83. The summed E-state index contributed by atoms with van der Waals surface area (Å²) in [6.45, 7) is 9.13. The Bertz CT molecular complexity index is 591. The van der Waals surface area contributed by atoms with Crippen LogP contribution in [0.25, 0.3) is 0 Å². The first-order valence-corrected chi connectivity index (χ1v) is 7.35. The molecule has 0 aromatic heterocycles. The van der Waals surface area contributed by atoms with Gasteiger partial charge in [0.2, 0.25) is 0 Å². The highest BCUT2D eigenvalue weighted by Crippen LogP contribution is 2.45. The quantitative estimate of drug-likeness (QED) is 0.818. The van der Waals surface area contributed by atoms with Gasteiger partial charge >= 0.3 is 0 Å². The van der Waals surface area contributed by atoms with Crippen LogP contribution in [0.2, 0.25) is 0 Å². The molecule has 0 aliphatic carbocycles. The molecule has 1 heterocycles. The van der Waals surface area contributed by atoms with E-state index in [1.54, 1.807) is 13.0 Å². The second kappa shape index (κ2) is 6.40. The molecule has 22 heavy (non-hydrogen) atoms. The second-order valence-electron chi connectivity index (χ2n) is 5.83. The molecular weight excluding hydrogens is 284 g/mol. The first-order valence-electron chi connectivity index (χ1n) is 7.35. The molecule has 0 radical (unpaired) electrons. The van der Waals surface area contributed by atoms with E-state index >= 15 is 0 Å². The van der Waals surface area contributed by atoms with Crippen molar-refractivity contribution in [3.63, 3.8) is 0 Å². The summed E-state index contributed by atoms with van der Waals surface area (Å²) in [6, 6.07) is 1.43. The Labute approximate surface area is 130 Å². The Hall–Kier alpha value is -2.01. The number of aliphatic hydroxyl groups excluding tert-OH is 1. The summed E-state index contributed by atoms with van der Waals surface area (Å²) in [5.74, 6) is 0.333. The minimum atomic E-state index is -0.964. The minimum absolute atomic E-state index is 0.0290. The fourth-order valence-electron chi connectivity index (χ4n) is 2.49. The predicted molar refractivity (Wildman–Crippen MR) is 82.4 cm³/mol. The molecule has 2 N–H and O–H groups in total. The van der Waals surface area contributed by atoms with E-state index in [0.717, 1.165) is 0 Å². The van der Waals surface area contributed by atoms with Crippen LogP contribution in [0, 0.1) is 5.92 Å². The third-order valence-electron chi connectivity index (χ3n) is 3.65. The number of ketones is 1. The van der Waals surface area contributed by atoms with Crippen molar-refractivity contribution < 1.29 is 24.5 Å². The highest BCUT2D eigenvalue weighted by atomic mass is 16.5. The van der Waals surface area contributed by atoms with E-state index in [1.807, 2.05) is 13.8 Å². The van der Waals surface area contributed by atoms with Crippen LogP contribution in [-0.4, -0.2) is 28.7 Å². The lowest BCUT2D eigenvalue weighted by molar-refractivity contribution is -0.121. The predicted octanol–water partition coefficient (Wildman–Crippen LogP) is 2.54. The number of hydrogen-bond acceptors (Lipinski definition) is 5. The summed E-state index contributed by atoms with van der Waals surface area (Å²) in [5.41, 5.74) is 0.805. The molecule has 5 heteroatoms. The molecule has 2 atom stereocenters. The van der Waals surface area contributed by atoms with Gasteiger partial charge in [-0.2, -0.15) is 0 Å². The van der Waals surface area contributed by atoms with E-state index in [0.29, 0.717) is 22.6 Å². The summed E-state index contributed by atoms with van der Waals surface area (Å²) in [7, 11) is 0. The van der Waals surface area contributed by atoms with E-state index in [4.69, 9.17) is 9.47 Å². The number of benzene rings is 1. The average Bonchev–Trinajstić information content (AvgIpc) is 2.45. The van der Waals surface area contributed by atoms with Crippen molar-refractivity contribution >= 4 is 5.78 Å². The third-order valence-corrected chi connectivity index (χ3v) is 3.65. The smallest absolute Gasteiger partial charge is 0.174 e. The number of rotatable bonds is 5. The molecule has 120 valence electrons. The number of phenolic OH excluding ortho intramolecular Hbond substituents is 1. The Morgan fingerprint density at radius 3 is 2.68 bits per heavy atom. The van der Waals surface area contributed by atoms with E-state index in [9.17, 15) is 15.0 Å².